The van der Waals surface area contributed by atoms with E-state index in [1.807, 2.05) is 43.7 Å². The maximum Gasteiger partial charge on any atom is 0.307 e. The molecular formula is C18H20N6O3. The number of nitrogens with zero attached hydrogens (tertiary/aromatic N) is 5. The highest BCUT2D eigenvalue weighted by molar-refractivity contribution is 5.91. The maximum absolute atomic E-state index is 12.3. The molecule has 1 N–H and O–H groups in total. The normalized spacial score (nSPS) is 10.8. The molecule has 0 fully saturated rings. The smallest absolute Gasteiger partial charge is 0.307 e. The molecule has 0 saturated carbocycles. The van der Waals surface area contributed by atoms with Gasteiger partial charge in [-0.15, -0.1) is 0 Å². The standard InChI is InChI=1S/C18H20N6O3/c1-12-6-4-5-7-15(12)9-23-14(3)18(13(2)21-23)20-17(25)11-22-10-16(8-19-22)24(26)27/h4-8,10H,9,11H2,1-3H3,(H,20,25). The van der Waals surface area contributed by atoms with E-state index in [-0.39, 0.29) is 18.1 Å². The fraction of sp³-hybridized carbons (Fsp3) is 0.278. The topological polar surface area (TPSA) is 108 Å². The molecule has 0 bridgehead atoms. The molecule has 0 aliphatic carbocycles. The third-order valence-electron chi connectivity index (χ3n) is 4.36. The van der Waals surface area contributed by atoms with Crippen LogP contribution in [0, 0.1) is 30.9 Å². The largest absolute Gasteiger partial charge is 0.321 e. The summed E-state index contributed by atoms with van der Waals surface area (Å²) in [6, 6.07) is 8.08. The van der Waals surface area contributed by atoms with Gasteiger partial charge in [-0.25, -0.2) is 0 Å². The van der Waals surface area contributed by atoms with E-state index in [1.54, 1.807) is 0 Å². The van der Waals surface area contributed by atoms with Crippen LogP contribution < -0.4 is 5.32 Å². The second-order valence-corrected chi connectivity index (χ2v) is 6.33. The Hall–Kier alpha value is -3.49. The predicted octanol–water partition coefficient (Wildman–Crippen LogP) is 2.60. The summed E-state index contributed by atoms with van der Waals surface area (Å²) in [7, 11) is 0. The van der Waals surface area contributed by atoms with Crippen LogP contribution in [0.3, 0.4) is 0 Å². The minimum atomic E-state index is -0.550. The number of carbonyl (C=O) groups is 1. The number of aryl methyl sites for hydroxylation is 2. The summed E-state index contributed by atoms with van der Waals surface area (Å²) in [4.78, 5) is 22.5. The van der Waals surface area contributed by atoms with Gasteiger partial charge in [0, 0.05) is 0 Å². The zero-order valence-electron chi connectivity index (χ0n) is 15.3. The number of anilines is 1. The molecule has 3 rings (SSSR count). The third-order valence-corrected chi connectivity index (χ3v) is 4.36. The second kappa shape index (κ2) is 7.40. The molecule has 1 amide bonds. The average molecular weight is 368 g/mol. The van der Waals surface area contributed by atoms with E-state index >= 15 is 0 Å². The summed E-state index contributed by atoms with van der Waals surface area (Å²) in [5.41, 5.74) is 4.38. The predicted molar refractivity (Wildman–Crippen MR) is 99.5 cm³/mol. The summed E-state index contributed by atoms with van der Waals surface area (Å²) in [6.45, 7) is 6.27. The van der Waals surface area contributed by atoms with Gasteiger partial charge in [-0.2, -0.15) is 10.2 Å². The Morgan fingerprint density at radius 2 is 2.00 bits per heavy atom. The molecule has 0 saturated heterocycles. The number of nitrogens with one attached hydrogen (secondary N) is 1. The van der Waals surface area contributed by atoms with Crippen molar-refractivity contribution in [3.05, 3.63) is 69.3 Å². The molecule has 9 nitrogen and oxygen atoms in total. The Bertz CT molecular complexity index is 1000. The first kappa shape index (κ1) is 18.3. The Morgan fingerprint density at radius 3 is 2.67 bits per heavy atom. The average Bonchev–Trinajstić information content (AvgIpc) is 3.17. The van der Waals surface area contributed by atoms with Crippen LogP contribution in [0.5, 0.6) is 0 Å². The molecule has 2 heterocycles. The number of carbonyl (C=O) groups excluding carboxylic acids is 1. The number of hydrogen-bond acceptors (Lipinski definition) is 5. The Balaban J connectivity index is 1.73. The third kappa shape index (κ3) is 4.02. The van der Waals surface area contributed by atoms with Crippen molar-refractivity contribution in [2.24, 2.45) is 0 Å². The highest BCUT2D eigenvalue weighted by Gasteiger charge is 2.16. The van der Waals surface area contributed by atoms with Crippen LogP contribution in [-0.4, -0.2) is 30.4 Å². The summed E-state index contributed by atoms with van der Waals surface area (Å²) >= 11 is 0. The van der Waals surface area contributed by atoms with Crippen LogP contribution in [0.2, 0.25) is 0 Å². The van der Waals surface area contributed by atoms with Crippen molar-refractivity contribution >= 4 is 17.3 Å². The van der Waals surface area contributed by atoms with Gasteiger partial charge < -0.3 is 5.32 Å². The maximum atomic E-state index is 12.3. The number of aromatic nitrogens is 4. The number of amides is 1. The van der Waals surface area contributed by atoms with Crippen LogP contribution in [0.4, 0.5) is 11.4 Å². The second-order valence-electron chi connectivity index (χ2n) is 6.33. The lowest BCUT2D eigenvalue weighted by Crippen LogP contribution is -2.19. The van der Waals surface area contributed by atoms with Gasteiger partial charge in [0.15, 0.2) is 0 Å². The first-order valence-electron chi connectivity index (χ1n) is 8.40. The number of benzene rings is 1. The summed E-state index contributed by atoms with van der Waals surface area (Å²) in [6.07, 6.45) is 2.34. The van der Waals surface area contributed by atoms with Crippen molar-refractivity contribution < 1.29 is 9.72 Å². The van der Waals surface area contributed by atoms with Crippen molar-refractivity contribution in [3.63, 3.8) is 0 Å². The first-order chi connectivity index (χ1) is 12.8. The summed E-state index contributed by atoms with van der Waals surface area (Å²) < 4.78 is 3.09. The number of rotatable bonds is 6. The van der Waals surface area contributed by atoms with E-state index in [4.69, 9.17) is 0 Å². The van der Waals surface area contributed by atoms with Gasteiger partial charge in [-0.1, -0.05) is 24.3 Å². The van der Waals surface area contributed by atoms with E-state index in [2.05, 4.69) is 21.6 Å². The first-order valence-corrected chi connectivity index (χ1v) is 8.40. The molecule has 2 aromatic heterocycles. The number of hydrogen-bond donors (Lipinski definition) is 1. The molecule has 27 heavy (non-hydrogen) atoms. The van der Waals surface area contributed by atoms with Crippen molar-refractivity contribution in [3.8, 4) is 0 Å². The van der Waals surface area contributed by atoms with E-state index in [1.165, 1.54) is 16.4 Å². The molecule has 0 unspecified atom stereocenters. The zero-order chi connectivity index (χ0) is 19.6. The molecule has 0 spiro atoms. The van der Waals surface area contributed by atoms with Crippen LogP contribution in [0.1, 0.15) is 22.5 Å². The molecule has 140 valence electrons. The summed E-state index contributed by atoms with van der Waals surface area (Å²) in [5, 5.41) is 21.9. The van der Waals surface area contributed by atoms with Crippen LogP contribution in [0.15, 0.2) is 36.7 Å². The lowest BCUT2D eigenvalue weighted by atomic mass is 10.1. The van der Waals surface area contributed by atoms with E-state index in [0.717, 1.165) is 17.5 Å². The molecule has 0 radical (unpaired) electrons. The van der Waals surface area contributed by atoms with Gasteiger partial charge in [0.05, 0.1) is 28.5 Å². The van der Waals surface area contributed by atoms with Crippen molar-refractivity contribution in [1.82, 2.24) is 19.6 Å². The van der Waals surface area contributed by atoms with E-state index in [9.17, 15) is 14.9 Å². The monoisotopic (exact) mass is 368 g/mol. The molecule has 3 aromatic rings. The minimum absolute atomic E-state index is 0.115. The Kier molecular flexibility index (Phi) is 5.02. The Labute approximate surface area is 155 Å². The van der Waals surface area contributed by atoms with E-state index in [0.29, 0.717) is 17.9 Å². The minimum Gasteiger partial charge on any atom is -0.321 e. The quantitative estimate of drug-likeness (QED) is 0.531. The van der Waals surface area contributed by atoms with Crippen molar-refractivity contribution in [2.45, 2.75) is 33.9 Å². The molecule has 0 atom stereocenters. The highest BCUT2D eigenvalue weighted by Crippen LogP contribution is 2.21. The SMILES string of the molecule is Cc1ccccc1Cn1nc(C)c(NC(=O)Cn2cc([N+](=O)[O-])cn2)c1C. The fourth-order valence-electron chi connectivity index (χ4n) is 2.84. The fourth-order valence-corrected chi connectivity index (χ4v) is 2.84. The zero-order valence-corrected chi connectivity index (χ0v) is 15.3. The van der Waals surface area contributed by atoms with Crippen molar-refractivity contribution in [1.29, 1.82) is 0 Å². The molecule has 0 aliphatic rings. The van der Waals surface area contributed by atoms with Crippen LogP contribution in [-0.2, 0) is 17.9 Å². The lowest BCUT2D eigenvalue weighted by molar-refractivity contribution is -0.385. The molecule has 0 aliphatic heterocycles. The molecule has 1 aromatic carbocycles. The van der Waals surface area contributed by atoms with E-state index < -0.39 is 4.92 Å². The van der Waals surface area contributed by atoms with Gasteiger partial charge in [-0.3, -0.25) is 24.3 Å². The van der Waals surface area contributed by atoms with Gasteiger partial charge in [0.2, 0.25) is 5.91 Å². The Morgan fingerprint density at radius 1 is 1.26 bits per heavy atom. The molecular weight excluding hydrogens is 348 g/mol. The van der Waals surface area contributed by atoms with Gasteiger partial charge in [0.1, 0.15) is 18.9 Å². The van der Waals surface area contributed by atoms with Crippen molar-refractivity contribution in [2.75, 3.05) is 5.32 Å². The van der Waals surface area contributed by atoms with Crippen LogP contribution in [0.25, 0.3) is 0 Å². The van der Waals surface area contributed by atoms with Crippen LogP contribution >= 0.6 is 0 Å². The van der Waals surface area contributed by atoms with Gasteiger partial charge in [-0.05, 0) is 31.9 Å². The van der Waals surface area contributed by atoms with Gasteiger partial charge in [0.25, 0.3) is 0 Å². The highest BCUT2D eigenvalue weighted by atomic mass is 16.6. The van der Waals surface area contributed by atoms with Gasteiger partial charge >= 0.3 is 5.69 Å². The molecule has 9 heteroatoms. The lowest BCUT2D eigenvalue weighted by Gasteiger charge is -2.09. The summed E-state index contributed by atoms with van der Waals surface area (Å²) in [5.74, 6) is -0.324. The number of nitro groups is 1.